The second-order valence-corrected chi connectivity index (χ2v) is 7.85. The minimum Gasteiger partial charge on any atom is -0.0619 e. The van der Waals surface area contributed by atoms with E-state index in [-0.39, 0.29) is 5.41 Å². The Labute approximate surface area is 128 Å². The summed E-state index contributed by atoms with van der Waals surface area (Å²) in [4.78, 5) is 0. The molecule has 0 amide bonds. The maximum absolute atomic E-state index is 2.51. The summed E-state index contributed by atoms with van der Waals surface area (Å²) in [5.41, 5.74) is 8.17. The standard InChI is InChI=1S/C21H24/c1-20(2,3)15-10-11-17-16-8-4-5-9-18(16)21(19(17)14-15)12-6-7-13-21/h4-5,8-11,14H,6-7,12-13H2,1-3H3. The highest BCUT2D eigenvalue weighted by molar-refractivity contribution is 5.81. The Morgan fingerprint density at radius 3 is 2.19 bits per heavy atom. The minimum atomic E-state index is 0.226. The van der Waals surface area contributed by atoms with Crippen molar-refractivity contribution in [1.82, 2.24) is 0 Å². The highest BCUT2D eigenvalue weighted by Gasteiger charge is 2.45. The molecule has 2 aliphatic rings. The van der Waals surface area contributed by atoms with E-state index in [1.54, 1.807) is 11.1 Å². The Balaban J connectivity index is 2.00. The normalized spacial score (nSPS) is 18.8. The van der Waals surface area contributed by atoms with Gasteiger partial charge in [0.05, 0.1) is 0 Å². The van der Waals surface area contributed by atoms with Gasteiger partial charge in [0.25, 0.3) is 0 Å². The number of rotatable bonds is 0. The van der Waals surface area contributed by atoms with Crippen LogP contribution in [0.25, 0.3) is 11.1 Å². The van der Waals surface area contributed by atoms with Crippen LogP contribution < -0.4 is 0 Å². The number of benzene rings is 2. The van der Waals surface area contributed by atoms with Gasteiger partial charge in [-0.3, -0.25) is 0 Å². The molecule has 1 spiro atoms. The van der Waals surface area contributed by atoms with Crippen molar-refractivity contribution in [2.24, 2.45) is 0 Å². The first-order valence-electron chi connectivity index (χ1n) is 8.27. The van der Waals surface area contributed by atoms with E-state index in [1.165, 1.54) is 42.4 Å². The van der Waals surface area contributed by atoms with E-state index in [0.29, 0.717) is 5.41 Å². The quantitative estimate of drug-likeness (QED) is 0.568. The van der Waals surface area contributed by atoms with Crippen LogP contribution in [0.2, 0.25) is 0 Å². The van der Waals surface area contributed by atoms with E-state index >= 15 is 0 Å². The molecular formula is C21H24. The molecule has 0 aromatic heterocycles. The molecule has 1 fully saturated rings. The minimum absolute atomic E-state index is 0.226. The van der Waals surface area contributed by atoms with E-state index in [2.05, 4.69) is 63.2 Å². The molecule has 0 saturated heterocycles. The molecule has 108 valence electrons. The molecule has 0 unspecified atom stereocenters. The Bertz CT molecular complexity index is 694. The van der Waals surface area contributed by atoms with Crippen LogP contribution in [0.4, 0.5) is 0 Å². The smallest absolute Gasteiger partial charge is 0.0215 e. The molecule has 2 aromatic carbocycles. The highest BCUT2D eigenvalue weighted by atomic mass is 14.5. The van der Waals surface area contributed by atoms with Crippen molar-refractivity contribution in [2.75, 3.05) is 0 Å². The lowest BCUT2D eigenvalue weighted by molar-refractivity contribution is 0.542. The van der Waals surface area contributed by atoms with Gasteiger partial charge in [-0.2, -0.15) is 0 Å². The lowest BCUT2D eigenvalue weighted by atomic mass is 9.75. The van der Waals surface area contributed by atoms with E-state index < -0.39 is 0 Å². The lowest BCUT2D eigenvalue weighted by Crippen LogP contribution is -2.21. The largest absolute Gasteiger partial charge is 0.0619 e. The van der Waals surface area contributed by atoms with Gasteiger partial charge in [-0.15, -0.1) is 0 Å². The summed E-state index contributed by atoms with van der Waals surface area (Å²) < 4.78 is 0. The Morgan fingerprint density at radius 2 is 1.48 bits per heavy atom. The summed E-state index contributed by atoms with van der Waals surface area (Å²) in [6, 6.07) is 16.3. The van der Waals surface area contributed by atoms with Gasteiger partial charge in [-0.05, 0) is 46.1 Å². The number of hydrogen-bond donors (Lipinski definition) is 0. The van der Waals surface area contributed by atoms with Gasteiger partial charge in [-0.1, -0.05) is 76.1 Å². The van der Waals surface area contributed by atoms with Crippen molar-refractivity contribution in [1.29, 1.82) is 0 Å². The van der Waals surface area contributed by atoms with Crippen molar-refractivity contribution in [3.05, 3.63) is 59.2 Å². The first-order chi connectivity index (χ1) is 10.0. The third kappa shape index (κ3) is 1.75. The summed E-state index contributed by atoms with van der Waals surface area (Å²) in [5, 5.41) is 0. The zero-order valence-corrected chi connectivity index (χ0v) is 13.4. The van der Waals surface area contributed by atoms with Gasteiger partial charge < -0.3 is 0 Å². The van der Waals surface area contributed by atoms with Crippen molar-refractivity contribution in [3.8, 4) is 11.1 Å². The molecule has 0 bridgehead atoms. The SMILES string of the molecule is CC(C)(C)c1ccc2c(c1)C1(CCCC1)c1ccccc1-2. The third-order valence-corrected chi connectivity index (χ3v) is 5.59. The fourth-order valence-electron chi connectivity index (χ4n) is 4.44. The Kier molecular flexibility index (Phi) is 2.64. The average molecular weight is 276 g/mol. The topological polar surface area (TPSA) is 0 Å². The van der Waals surface area contributed by atoms with Crippen LogP contribution in [-0.4, -0.2) is 0 Å². The van der Waals surface area contributed by atoms with Crippen LogP contribution in [0, 0.1) is 0 Å². The second-order valence-electron chi connectivity index (χ2n) is 7.85. The van der Waals surface area contributed by atoms with Crippen molar-refractivity contribution < 1.29 is 0 Å². The zero-order chi connectivity index (χ0) is 14.7. The maximum atomic E-state index is 2.51. The first-order valence-corrected chi connectivity index (χ1v) is 8.27. The van der Waals surface area contributed by atoms with Crippen LogP contribution in [0.5, 0.6) is 0 Å². The van der Waals surface area contributed by atoms with E-state index in [9.17, 15) is 0 Å². The highest BCUT2D eigenvalue weighted by Crippen LogP contribution is 2.57. The molecule has 0 atom stereocenters. The Morgan fingerprint density at radius 1 is 0.810 bits per heavy atom. The second kappa shape index (κ2) is 4.22. The fourth-order valence-corrected chi connectivity index (χ4v) is 4.44. The molecule has 2 aliphatic carbocycles. The van der Waals surface area contributed by atoms with Crippen LogP contribution in [0.3, 0.4) is 0 Å². The number of fused-ring (bicyclic) bond motifs is 5. The molecule has 1 saturated carbocycles. The lowest BCUT2D eigenvalue weighted by Gasteiger charge is -2.28. The van der Waals surface area contributed by atoms with Gasteiger partial charge in [0.1, 0.15) is 0 Å². The Hall–Kier alpha value is -1.56. The molecule has 0 aliphatic heterocycles. The van der Waals surface area contributed by atoms with Crippen LogP contribution in [-0.2, 0) is 10.8 Å². The summed E-state index contributed by atoms with van der Waals surface area (Å²) >= 11 is 0. The van der Waals surface area contributed by atoms with E-state index in [0.717, 1.165) is 0 Å². The summed E-state index contributed by atoms with van der Waals surface area (Å²) in [5.74, 6) is 0. The van der Waals surface area contributed by atoms with Crippen LogP contribution in [0.15, 0.2) is 42.5 Å². The molecule has 4 rings (SSSR count). The number of hydrogen-bond acceptors (Lipinski definition) is 0. The maximum Gasteiger partial charge on any atom is 0.0215 e. The summed E-state index contributed by atoms with van der Waals surface area (Å²) in [7, 11) is 0. The zero-order valence-electron chi connectivity index (χ0n) is 13.4. The molecule has 0 radical (unpaired) electrons. The van der Waals surface area contributed by atoms with Gasteiger partial charge in [0, 0.05) is 5.41 Å². The fraction of sp³-hybridized carbons (Fsp3) is 0.429. The predicted molar refractivity (Wildman–Crippen MR) is 89.8 cm³/mol. The van der Waals surface area contributed by atoms with Gasteiger partial charge in [0.2, 0.25) is 0 Å². The van der Waals surface area contributed by atoms with Gasteiger partial charge in [0.15, 0.2) is 0 Å². The molecule has 2 aromatic rings. The van der Waals surface area contributed by atoms with Crippen LogP contribution in [0.1, 0.15) is 63.1 Å². The van der Waals surface area contributed by atoms with Gasteiger partial charge in [-0.25, -0.2) is 0 Å². The molecular weight excluding hydrogens is 252 g/mol. The first kappa shape index (κ1) is 13.1. The van der Waals surface area contributed by atoms with Crippen molar-refractivity contribution >= 4 is 0 Å². The van der Waals surface area contributed by atoms with Crippen molar-refractivity contribution in [2.45, 2.75) is 57.3 Å². The molecule has 21 heavy (non-hydrogen) atoms. The van der Waals surface area contributed by atoms with E-state index in [4.69, 9.17) is 0 Å². The average Bonchev–Trinajstić information content (AvgIpc) is 3.05. The van der Waals surface area contributed by atoms with Gasteiger partial charge >= 0.3 is 0 Å². The molecule has 0 heteroatoms. The van der Waals surface area contributed by atoms with Crippen molar-refractivity contribution in [3.63, 3.8) is 0 Å². The molecule has 0 nitrogen and oxygen atoms in total. The summed E-state index contributed by atoms with van der Waals surface area (Å²) in [6.45, 7) is 6.95. The monoisotopic (exact) mass is 276 g/mol. The summed E-state index contributed by atoms with van der Waals surface area (Å²) in [6.07, 6.45) is 5.39. The van der Waals surface area contributed by atoms with E-state index in [1.807, 2.05) is 0 Å². The molecule has 0 N–H and O–H groups in total. The molecule has 0 heterocycles. The van der Waals surface area contributed by atoms with Crippen LogP contribution >= 0.6 is 0 Å². The predicted octanol–water partition coefficient (Wildman–Crippen LogP) is 5.82. The third-order valence-electron chi connectivity index (χ3n) is 5.59.